The van der Waals surface area contributed by atoms with Gasteiger partial charge in [-0.1, -0.05) is 22.9 Å². The molecule has 0 unspecified atom stereocenters. The molecule has 0 aliphatic carbocycles. The first-order chi connectivity index (χ1) is 13.3. The SMILES string of the molecule is COc1ccc(-c2noc(CN(C(C)C)S(=O)(=O)c3ccc(C)cc3)n2)cc1. The van der Waals surface area contributed by atoms with Crippen molar-refractivity contribution in [3.63, 3.8) is 0 Å². The topological polar surface area (TPSA) is 85.5 Å². The molecule has 1 heterocycles. The van der Waals surface area contributed by atoms with Gasteiger partial charge in [-0.3, -0.25) is 0 Å². The molecule has 2 aromatic carbocycles. The lowest BCUT2D eigenvalue weighted by molar-refractivity contribution is 0.286. The summed E-state index contributed by atoms with van der Waals surface area (Å²) in [7, 11) is -2.10. The molecule has 0 saturated heterocycles. The molecule has 1 aromatic heterocycles. The summed E-state index contributed by atoms with van der Waals surface area (Å²) in [6.07, 6.45) is 0. The van der Waals surface area contributed by atoms with E-state index >= 15 is 0 Å². The van der Waals surface area contributed by atoms with Gasteiger partial charge in [0, 0.05) is 11.6 Å². The van der Waals surface area contributed by atoms with E-state index in [0.717, 1.165) is 16.9 Å². The Balaban J connectivity index is 1.85. The summed E-state index contributed by atoms with van der Waals surface area (Å²) < 4.78 is 37.9. The van der Waals surface area contributed by atoms with Gasteiger partial charge in [0.2, 0.25) is 21.7 Å². The molecule has 0 fully saturated rings. The van der Waals surface area contributed by atoms with E-state index in [2.05, 4.69) is 10.1 Å². The molecule has 0 aliphatic rings. The van der Waals surface area contributed by atoms with Crippen LogP contribution in [0, 0.1) is 6.92 Å². The van der Waals surface area contributed by atoms with Gasteiger partial charge in [-0.15, -0.1) is 0 Å². The van der Waals surface area contributed by atoms with Crippen LogP contribution in [0.25, 0.3) is 11.4 Å². The lowest BCUT2D eigenvalue weighted by atomic mass is 10.2. The largest absolute Gasteiger partial charge is 0.497 e. The number of ether oxygens (including phenoxy) is 1. The van der Waals surface area contributed by atoms with Crippen molar-refractivity contribution in [3.05, 3.63) is 60.0 Å². The highest BCUT2D eigenvalue weighted by Crippen LogP contribution is 2.23. The van der Waals surface area contributed by atoms with E-state index in [1.54, 1.807) is 43.5 Å². The number of rotatable bonds is 7. The van der Waals surface area contributed by atoms with Crippen LogP contribution >= 0.6 is 0 Å². The van der Waals surface area contributed by atoms with Crippen LogP contribution in [0.3, 0.4) is 0 Å². The zero-order chi connectivity index (χ0) is 20.3. The molecule has 0 spiro atoms. The van der Waals surface area contributed by atoms with Crippen LogP contribution in [0.4, 0.5) is 0 Å². The van der Waals surface area contributed by atoms with E-state index in [9.17, 15) is 8.42 Å². The van der Waals surface area contributed by atoms with E-state index in [0.29, 0.717) is 5.82 Å². The number of aromatic nitrogens is 2. The Hall–Kier alpha value is -2.71. The third kappa shape index (κ3) is 4.23. The summed E-state index contributed by atoms with van der Waals surface area (Å²) in [5, 5.41) is 3.97. The van der Waals surface area contributed by atoms with E-state index in [-0.39, 0.29) is 23.4 Å². The zero-order valence-corrected chi connectivity index (χ0v) is 17.1. The molecule has 3 rings (SSSR count). The number of nitrogens with zero attached hydrogens (tertiary/aromatic N) is 3. The number of sulfonamides is 1. The van der Waals surface area contributed by atoms with Crippen molar-refractivity contribution in [3.8, 4) is 17.1 Å². The Morgan fingerprint density at radius 1 is 1.07 bits per heavy atom. The van der Waals surface area contributed by atoms with Gasteiger partial charge in [0.15, 0.2) is 0 Å². The van der Waals surface area contributed by atoms with Crippen molar-refractivity contribution in [2.24, 2.45) is 0 Å². The second-order valence-corrected chi connectivity index (χ2v) is 8.59. The van der Waals surface area contributed by atoms with Gasteiger partial charge >= 0.3 is 0 Å². The second-order valence-electron chi connectivity index (χ2n) is 6.70. The maximum atomic E-state index is 13.1. The summed E-state index contributed by atoms with van der Waals surface area (Å²) in [4.78, 5) is 4.59. The first-order valence-corrected chi connectivity index (χ1v) is 10.3. The minimum absolute atomic E-state index is 0.00295. The van der Waals surface area contributed by atoms with Gasteiger partial charge in [0.1, 0.15) is 5.75 Å². The van der Waals surface area contributed by atoms with Crippen LogP contribution in [0.15, 0.2) is 57.9 Å². The molecule has 0 atom stereocenters. The highest BCUT2D eigenvalue weighted by atomic mass is 32.2. The highest BCUT2D eigenvalue weighted by Gasteiger charge is 2.29. The van der Waals surface area contributed by atoms with Gasteiger partial charge in [-0.25, -0.2) is 8.42 Å². The summed E-state index contributed by atoms with van der Waals surface area (Å²) >= 11 is 0. The Labute approximate surface area is 165 Å². The average molecular weight is 401 g/mol. The van der Waals surface area contributed by atoms with Gasteiger partial charge in [0.25, 0.3) is 0 Å². The second kappa shape index (κ2) is 8.12. The van der Waals surface area contributed by atoms with Crippen molar-refractivity contribution in [1.82, 2.24) is 14.4 Å². The molecule has 3 aromatic rings. The fourth-order valence-electron chi connectivity index (χ4n) is 2.70. The molecule has 0 aliphatic heterocycles. The third-order valence-corrected chi connectivity index (χ3v) is 6.35. The Morgan fingerprint density at radius 2 is 1.71 bits per heavy atom. The van der Waals surface area contributed by atoms with Crippen LogP contribution < -0.4 is 4.74 Å². The first-order valence-electron chi connectivity index (χ1n) is 8.87. The fraction of sp³-hybridized carbons (Fsp3) is 0.300. The minimum atomic E-state index is -3.69. The van der Waals surface area contributed by atoms with E-state index in [4.69, 9.17) is 9.26 Å². The number of hydrogen-bond donors (Lipinski definition) is 0. The van der Waals surface area contributed by atoms with Crippen molar-refractivity contribution < 1.29 is 17.7 Å². The van der Waals surface area contributed by atoms with Crippen molar-refractivity contribution in [2.45, 2.75) is 38.3 Å². The zero-order valence-electron chi connectivity index (χ0n) is 16.3. The number of hydrogen-bond acceptors (Lipinski definition) is 6. The lowest BCUT2D eigenvalue weighted by Gasteiger charge is -2.24. The molecule has 0 saturated carbocycles. The lowest BCUT2D eigenvalue weighted by Crippen LogP contribution is -2.36. The van der Waals surface area contributed by atoms with Crippen LogP contribution in [-0.4, -0.2) is 36.0 Å². The Kier molecular flexibility index (Phi) is 5.81. The monoisotopic (exact) mass is 401 g/mol. The molecule has 0 bridgehead atoms. The molecule has 28 heavy (non-hydrogen) atoms. The molecule has 8 heteroatoms. The predicted octanol–water partition coefficient (Wildman–Crippen LogP) is 3.65. The Morgan fingerprint density at radius 3 is 2.29 bits per heavy atom. The Bertz CT molecular complexity index is 1030. The third-order valence-electron chi connectivity index (χ3n) is 4.31. The standard InChI is InChI=1S/C20H23N3O4S/c1-14(2)23(28(24,25)18-11-5-15(3)6-12-18)13-19-21-20(22-27-19)16-7-9-17(26-4)10-8-16/h5-12,14H,13H2,1-4H3. The normalized spacial score (nSPS) is 11.9. The van der Waals surface area contributed by atoms with E-state index in [1.165, 1.54) is 4.31 Å². The number of benzene rings is 2. The highest BCUT2D eigenvalue weighted by molar-refractivity contribution is 7.89. The fourth-order valence-corrected chi connectivity index (χ4v) is 4.29. The average Bonchev–Trinajstić information content (AvgIpc) is 3.15. The summed E-state index contributed by atoms with van der Waals surface area (Å²) in [6, 6.07) is 13.7. The van der Waals surface area contributed by atoms with Gasteiger partial charge < -0.3 is 9.26 Å². The smallest absolute Gasteiger partial charge is 0.243 e. The number of methoxy groups -OCH3 is 1. The summed E-state index contributed by atoms with van der Waals surface area (Å²) in [5.74, 6) is 1.35. The maximum Gasteiger partial charge on any atom is 0.243 e. The van der Waals surface area contributed by atoms with Gasteiger partial charge in [-0.2, -0.15) is 9.29 Å². The van der Waals surface area contributed by atoms with Crippen molar-refractivity contribution >= 4 is 10.0 Å². The van der Waals surface area contributed by atoms with Crippen molar-refractivity contribution in [1.29, 1.82) is 0 Å². The molecule has 7 nitrogen and oxygen atoms in total. The van der Waals surface area contributed by atoms with Gasteiger partial charge in [-0.05, 0) is 57.2 Å². The van der Waals surface area contributed by atoms with Crippen LogP contribution in [0.5, 0.6) is 5.75 Å². The molecule has 0 N–H and O–H groups in total. The van der Waals surface area contributed by atoms with Crippen LogP contribution in [-0.2, 0) is 16.6 Å². The molecule has 148 valence electrons. The van der Waals surface area contributed by atoms with Crippen LogP contribution in [0.2, 0.25) is 0 Å². The quantitative estimate of drug-likeness (QED) is 0.601. The van der Waals surface area contributed by atoms with E-state index < -0.39 is 10.0 Å². The molecule has 0 amide bonds. The number of aryl methyl sites for hydroxylation is 1. The summed E-state index contributed by atoms with van der Waals surface area (Å²) in [5.41, 5.74) is 1.75. The van der Waals surface area contributed by atoms with Crippen LogP contribution in [0.1, 0.15) is 25.3 Å². The minimum Gasteiger partial charge on any atom is -0.497 e. The van der Waals surface area contributed by atoms with Gasteiger partial charge in [0.05, 0.1) is 18.6 Å². The van der Waals surface area contributed by atoms with Crippen molar-refractivity contribution in [2.75, 3.05) is 7.11 Å². The maximum absolute atomic E-state index is 13.1. The predicted molar refractivity (Wildman–Crippen MR) is 105 cm³/mol. The molecular formula is C20H23N3O4S. The molecular weight excluding hydrogens is 378 g/mol. The summed E-state index contributed by atoms with van der Waals surface area (Å²) in [6.45, 7) is 5.53. The van der Waals surface area contributed by atoms with E-state index in [1.807, 2.05) is 32.9 Å². The molecule has 0 radical (unpaired) electrons. The first kappa shape index (κ1) is 20.0.